The van der Waals surface area contributed by atoms with E-state index in [1.165, 1.54) is 0 Å². The first-order chi connectivity index (χ1) is 13.0. The van der Waals surface area contributed by atoms with Crippen molar-refractivity contribution in [2.75, 3.05) is 25.0 Å². The van der Waals surface area contributed by atoms with Crippen molar-refractivity contribution in [1.29, 1.82) is 0 Å². The molecular weight excluding hydrogens is 378 g/mol. The molecule has 2 heterocycles. The topological polar surface area (TPSA) is 79.3 Å². The number of fused-ring (bicyclic) bond motifs is 1. The van der Waals surface area contributed by atoms with Gasteiger partial charge < -0.3 is 15.5 Å². The summed E-state index contributed by atoms with van der Waals surface area (Å²) in [5, 5.41) is 6.18. The third kappa shape index (κ3) is 4.35. The van der Waals surface area contributed by atoms with Gasteiger partial charge in [-0.15, -0.1) is 12.4 Å². The van der Waals surface area contributed by atoms with Gasteiger partial charge in [0.1, 0.15) is 0 Å². The minimum Gasteiger partial charge on any atom is -0.359 e. The van der Waals surface area contributed by atoms with Crippen LogP contribution in [0.1, 0.15) is 63.8 Å². The number of rotatable bonds is 5. The molecule has 2 aliphatic rings. The van der Waals surface area contributed by atoms with Gasteiger partial charge in [0.05, 0.1) is 5.69 Å². The van der Waals surface area contributed by atoms with Crippen molar-refractivity contribution in [3.63, 3.8) is 0 Å². The standard InChI is InChI=1S/C20H33N5O2.ClH/c1-5-24(6-2)20-23-17-12-22-13(3)11-16(17)19(27)25(20)15-9-7-14(8-10-15)18(26)21-4;/h13-15,22H,5-12H2,1-4H3,(H,21,26);1H/t13-,14-,15-;/m1./s1. The average Bonchev–Trinajstić information content (AvgIpc) is 2.69. The molecule has 1 aromatic heterocycles. The van der Waals surface area contributed by atoms with Crippen LogP contribution in [0.25, 0.3) is 0 Å². The van der Waals surface area contributed by atoms with E-state index in [0.29, 0.717) is 12.6 Å². The van der Waals surface area contributed by atoms with Gasteiger partial charge in [-0.3, -0.25) is 14.2 Å². The Bertz CT molecular complexity index is 739. The molecule has 1 atom stereocenters. The van der Waals surface area contributed by atoms with Crippen LogP contribution in [0.2, 0.25) is 0 Å². The molecule has 1 amide bonds. The van der Waals surface area contributed by atoms with Gasteiger partial charge in [-0.05, 0) is 52.9 Å². The molecule has 0 radical (unpaired) electrons. The minimum absolute atomic E-state index is 0. The molecule has 1 saturated carbocycles. The summed E-state index contributed by atoms with van der Waals surface area (Å²) in [4.78, 5) is 32.6. The molecule has 1 aromatic rings. The van der Waals surface area contributed by atoms with Crippen LogP contribution >= 0.6 is 12.4 Å². The number of hydrogen-bond acceptors (Lipinski definition) is 5. The zero-order valence-electron chi connectivity index (χ0n) is 17.5. The van der Waals surface area contributed by atoms with Crippen LogP contribution < -0.4 is 21.1 Å². The second kappa shape index (κ2) is 9.74. The highest BCUT2D eigenvalue weighted by molar-refractivity contribution is 5.85. The first kappa shape index (κ1) is 22.7. The summed E-state index contributed by atoms with van der Waals surface area (Å²) in [5.74, 6) is 0.977. The Morgan fingerprint density at radius 3 is 2.46 bits per heavy atom. The fraction of sp³-hybridized carbons (Fsp3) is 0.750. The highest BCUT2D eigenvalue weighted by Crippen LogP contribution is 2.34. The zero-order valence-corrected chi connectivity index (χ0v) is 18.3. The number of anilines is 1. The molecule has 158 valence electrons. The monoisotopic (exact) mass is 411 g/mol. The van der Waals surface area contributed by atoms with Crippen LogP contribution in [0, 0.1) is 5.92 Å². The SMILES string of the molecule is CCN(CC)c1nc2c(c(=O)n1[C@H]1CC[C@H](C(=O)NC)CC1)C[C@@H](C)NC2.Cl. The smallest absolute Gasteiger partial charge is 0.258 e. The van der Waals surface area contributed by atoms with Gasteiger partial charge in [0.15, 0.2) is 0 Å². The lowest BCUT2D eigenvalue weighted by Crippen LogP contribution is -2.43. The van der Waals surface area contributed by atoms with E-state index in [1.54, 1.807) is 7.05 Å². The van der Waals surface area contributed by atoms with Gasteiger partial charge in [0, 0.05) is 50.2 Å². The summed E-state index contributed by atoms with van der Waals surface area (Å²) in [5.41, 5.74) is 1.89. The molecule has 2 N–H and O–H groups in total. The van der Waals surface area contributed by atoms with Gasteiger partial charge in [0.2, 0.25) is 11.9 Å². The second-order valence-electron chi connectivity index (χ2n) is 7.79. The normalized spacial score (nSPS) is 24.1. The molecular formula is C20H34ClN5O2. The van der Waals surface area contributed by atoms with Gasteiger partial charge >= 0.3 is 0 Å². The van der Waals surface area contributed by atoms with Crippen LogP contribution in [0.3, 0.4) is 0 Å². The molecule has 1 fully saturated rings. The Hall–Kier alpha value is -1.60. The summed E-state index contributed by atoms with van der Waals surface area (Å²) >= 11 is 0. The van der Waals surface area contributed by atoms with Crippen molar-refractivity contribution >= 4 is 24.3 Å². The number of amides is 1. The lowest BCUT2D eigenvalue weighted by molar-refractivity contribution is -0.125. The van der Waals surface area contributed by atoms with Gasteiger partial charge in [-0.1, -0.05) is 0 Å². The Balaban J connectivity index is 0.00000280. The van der Waals surface area contributed by atoms with Crippen LogP contribution in [0.4, 0.5) is 5.95 Å². The quantitative estimate of drug-likeness (QED) is 0.774. The molecule has 0 aromatic carbocycles. The summed E-state index contributed by atoms with van der Waals surface area (Å²) in [6.07, 6.45) is 4.07. The summed E-state index contributed by atoms with van der Waals surface area (Å²) < 4.78 is 1.95. The van der Waals surface area contributed by atoms with Gasteiger partial charge in [-0.2, -0.15) is 0 Å². The van der Waals surface area contributed by atoms with Crippen molar-refractivity contribution in [2.45, 2.75) is 71.5 Å². The Labute approximate surface area is 173 Å². The van der Waals surface area contributed by atoms with Crippen LogP contribution in [0.15, 0.2) is 4.79 Å². The summed E-state index contributed by atoms with van der Waals surface area (Å²) in [6.45, 7) is 8.60. The van der Waals surface area contributed by atoms with E-state index in [2.05, 4.69) is 36.3 Å². The predicted molar refractivity (Wildman–Crippen MR) is 114 cm³/mol. The zero-order chi connectivity index (χ0) is 19.6. The van der Waals surface area contributed by atoms with Crippen LogP contribution in [0.5, 0.6) is 0 Å². The van der Waals surface area contributed by atoms with E-state index in [0.717, 1.165) is 62.4 Å². The van der Waals surface area contributed by atoms with E-state index >= 15 is 0 Å². The first-order valence-corrected chi connectivity index (χ1v) is 10.3. The molecule has 8 heteroatoms. The first-order valence-electron chi connectivity index (χ1n) is 10.3. The van der Waals surface area contributed by atoms with Gasteiger partial charge in [0.25, 0.3) is 5.56 Å². The molecule has 28 heavy (non-hydrogen) atoms. The highest BCUT2D eigenvalue weighted by atomic mass is 35.5. The van der Waals surface area contributed by atoms with E-state index in [1.807, 2.05) is 4.57 Å². The maximum absolute atomic E-state index is 13.5. The van der Waals surface area contributed by atoms with E-state index in [4.69, 9.17) is 4.98 Å². The summed E-state index contributed by atoms with van der Waals surface area (Å²) in [7, 11) is 1.69. The molecule has 0 spiro atoms. The number of halogens is 1. The van der Waals surface area contributed by atoms with E-state index in [-0.39, 0.29) is 35.8 Å². The van der Waals surface area contributed by atoms with Crippen molar-refractivity contribution in [3.8, 4) is 0 Å². The number of carbonyl (C=O) groups is 1. The Morgan fingerprint density at radius 2 is 1.89 bits per heavy atom. The third-order valence-corrected chi connectivity index (χ3v) is 6.13. The maximum atomic E-state index is 13.5. The molecule has 0 bridgehead atoms. The highest BCUT2D eigenvalue weighted by Gasteiger charge is 2.31. The molecule has 3 rings (SSSR count). The van der Waals surface area contributed by atoms with Crippen LogP contribution in [-0.4, -0.2) is 41.6 Å². The largest absolute Gasteiger partial charge is 0.359 e. The second-order valence-corrected chi connectivity index (χ2v) is 7.79. The number of aromatic nitrogens is 2. The van der Waals surface area contributed by atoms with Crippen molar-refractivity contribution < 1.29 is 4.79 Å². The average molecular weight is 412 g/mol. The van der Waals surface area contributed by atoms with Crippen molar-refractivity contribution in [1.82, 2.24) is 20.2 Å². The van der Waals surface area contributed by atoms with Gasteiger partial charge in [-0.25, -0.2) is 4.98 Å². The number of nitrogens with one attached hydrogen (secondary N) is 2. The minimum atomic E-state index is 0. The molecule has 1 aliphatic carbocycles. The summed E-state index contributed by atoms with van der Waals surface area (Å²) in [6, 6.07) is 0.417. The van der Waals surface area contributed by atoms with Crippen molar-refractivity contribution in [3.05, 3.63) is 21.6 Å². The Kier molecular flexibility index (Phi) is 7.89. The number of carbonyl (C=O) groups excluding carboxylic acids is 1. The lowest BCUT2D eigenvalue weighted by atomic mass is 9.85. The third-order valence-electron chi connectivity index (χ3n) is 6.13. The fourth-order valence-corrected chi connectivity index (χ4v) is 4.46. The van der Waals surface area contributed by atoms with Crippen LogP contribution in [-0.2, 0) is 17.8 Å². The number of hydrogen-bond donors (Lipinski definition) is 2. The number of nitrogens with zero attached hydrogens (tertiary/aromatic N) is 3. The molecule has 0 unspecified atom stereocenters. The Morgan fingerprint density at radius 1 is 1.25 bits per heavy atom. The molecule has 7 nitrogen and oxygen atoms in total. The fourth-order valence-electron chi connectivity index (χ4n) is 4.46. The molecule has 1 aliphatic heterocycles. The maximum Gasteiger partial charge on any atom is 0.258 e. The van der Waals surface area contributed by atoms with Crippen molar-refractivity contribution in [2.24, 2.45) is 5.92 Å². The van der Waals surface area contributed by atoms with E-state index < -0.39 is 0 Å². The van der Waals surface area contributed by atoms with E-state index in [9.17, 15) is 9.59 Å². The molecule has 0 saturated heterocycles. The lowest BCUT2D eigenvalue weighted by Gasteiger charge is -2.34. The predicted octanol–water partition coefficient (Wildman–Crippen LogP) is 2.02.